The van der Waals surface area contributed by atoms with Gasteiger partial charge in [0.15, 0.2) is 0 Å². The standard InChI is InChI=1S/CH5O3PS.Na.H/c1-6-4-5(2)3;;/h5H,1H3,(H,2,3);;. The van der Waals surface area contributed by atoms with Crippen LogP contribution in [0.25, 0.3) is 0 Å². The number of rotatable bonds is 2. The molecule has 1 atom stereocenters. The average Bonchev–Trinajstić information content (AvgIpc) is 1.35. The van der Waals surface area contributed by atoms with E-state index in [9.17, 15) is 4.57 Å². The summed E-state index contributed by atoms with van der Waals surface area (Å²) in [5.41, 5.74) is 0. The predicted molar refractivity (Wildman–Crippen MR) is 33.0 cm³/mol. The van der Waals surface area contributed by atoms with Crippen molar-refractivity contribution in [3.05, 3.63) is 0 Å². The molecule has 0 spiro atoms. The quantitative estimate of drug-likeness (QED) is 0.344. The minimum atomic E-state index is -2.67. The summed E-state index contributed by atoms with van der Waals surface area (Å²) < 4.78 is 13.6. The first-order valence-electron chi connectivity index (χ1n) is 1.21. The molecule has 0 saturated carbocycles. The van der Waals surface area contributed by atoms with E-state index in [1.54, 1.807) is 6.26 Å². The van der Waals surface area contributed by atoms with Crippen molar-refractivity contribution in [2.45, 2.75) is 0 Å². The molecule has 0 aromatic carbocycles. The van der Waals surface area contributed by atoms with Gasteiger partial charge in [0.1, 0.15) is 0 Å². The molecular formula is CH6NaO3PS. The van der Waals surface area contributed by atoms with E-state index in [0.717, 1.165) is 12.0 Å². The Morgan fingerprint density at radius 1 is 1.86 bits per heavy atom. The Morgan fingerprint density at radius 2 is 2.29 bits per heavy atom. The van der Waals surface area contributed by atoms with Crippen molar-refractivity contribution < 1.29 is 13.4 Å². The van der Waals surface area contributed by atoms with E-state index in [2.05, 4.69) is 3.97 Å². The van der Waals surface area contributed by atoms with E-state index in [-0.39, 0.29) is 29.6 Å². The second kappa shape index (κ2) is 7.50. The van der Waals surface area contributed by atoms with Crippen molar-refractivity contribution in [1.82, 2.24) is 0 Å². The fourth-order valence-corrected chi connectivity index (χ4v) is 0.642. The zero-order valence-electron chi connectivity index (χ0n) is 3.17. The zero-order chi connectivity index (χ0) is 4.99. The van der Waals surface area contributed by atoms with Crippen molar-refractivity contribution in [3.8, 4) is 0 Å². The summed E-state index contributed by atoms with van der Waals surface area (Å²) in [4.78, 5) is 7.86. The van der Waals surface area contributed by atoms with E-state index >= 15 is 0 Å². The van der Waals surface area contributed by atoms with Crippen molar-refractivity contribution in [2.75, 3.05) is 6.26 Å². The molecule has 0 bridgehead atoms. The predicted octanol–water partition coefficient (Wildman–Crippen LogP) is 0.0145. The van der Waals surface area contributed by atoms with Crippen molar-refractivity contribution in [2.24, 2.45) is 0 Å². The summed E-state index contributed by atoms with van der Waals surface area (Å²) in [7, 11) is -2.67. The first-order valence-corrected chi connectivity index (χ1v) is 3.62. The van der Waals surface area contributed by atoms with Gasteiger partial charge in [-0.3, -0.25) is 4.57 Å². The Morgan fingerprint density at radius 3 is 2.29 bits per heavy atom. The molecule has 1 N–H and O–H groups in total. The van der Waals surface area contributed by atoms with E-state index in [0.29, 0.717) is 0 Å². The Balaban J connectivity index is 0. The van der Waals surface area contributed by atoms with Gasteiger partial charge in [-0.2, -0.15) is 0 Å². The van der Waals surface area contributed by atoms with Crippen LogP contribution < -0.4 is 0 Å². The summed E-state index contributed by atoms with van der Waals surface area (Å²) in [6.07, 6.45) is 1.58. The topological polar surface area (TPSA) is 46.5 Å². The van der Waals surface area contributed by atoms with Gasteiger partial charge in [0, 0.05) is 6.26 Å². The molecule has 6 heteroatoms. The Labute approximate surface area is 69.3 Å². The first kappa shape index (κ1) is 11.3. The molecule has 7 heavy (non-hydrogen) atoms. The third-order valence-corrected chi connectivity index (χ3v) is 1.39. The molecule has 0 aliphatic heterocycles. The molecule has 0 fully saturated rings. The van der Waals surface area contributed by atoms with Gasteiger partial charge < -0.3 is 4.89 Å². The molecule has 0 amide bonds. The van der Waals surface area contributed by atoms with Crippen LogP contribution in [0.1, 0.15) is 0 Å². The number of hydrogen-bond acceptors (Lipinski definition) is 3. The van der Waals surface area contributed by atoms with Crippen LogP contribution in [0.15, 0.2) is 0 Å². The van der Waals surface area contributed by atoms with Gasteiger partial charge in [-0.15, -0.1) is 0 Å². The van der Waals surface area contributed by atoms with Crippen molar-refractivity contribution >= 4 is 49.9 Å². The average molecular weight is 152 g/mol. The fourth-order valence-electron chi connectivity index (χ4n) is 0.0713. The fraction of sp³-hybridized carbons (Fsp3) is 1.00. The molecule has 0 radical (unpaired) electrons. The molecule has 0 aliphatic carbocycles. The van der Waals surface area contributed by atoms with Gasteiger partial charge in [-0.05, 0) is 12.0 Å². The van der Waals surface area contributed by atoms with Crippen LogP contribution >= 0.6 is 20.3 Å². The maximum atomic E-state index is 9.54. The number of hydrogen-bond donors (Lipinski definition) is 1. The molecular weight excluding hydrogens is 146 g/mol. The molecule has 0 saturated heterocycles. The Kier molecular flexibility index (Phi) is 12.1. The summed E-state index contributed by atoms with van der Waals surface area (Å²) in [5.74, 6) is 0. The van der Waals surface area contributed by atoms with E-state index in [1.165, 1.54) is 0 Å². The molecule has 0 heterocycles. The Bertz CT molecular complexity index is 58.9. The Hall–Kier alpha value is 1.50. The van der Waals surface area contributed by atoms with Crippen LogP contribution in [0.3, 0.4) is 0 Å². The first-order chi connectivity index (χ1) is 2.77. The second-order valence-corrected chi connectivity index (χ2v) is 2.05. The van der Waals surface area contributed by atoms with E-state index in [4.69, 9.17) is 4.89 Å². The third kappa shape index (κ3) is 11.2. The minimum absolute atomic E-state index is 0. The normalized spacial score (nSPS) is 12.3. The summed E-state index contributed by atoms with van der Waals surface area (Å²) in [6, 6.07) is 0. The third-order valence-electron chi connectivity index (χ3n) is 0.155. The SMILES string of the molecule is CSO[PH](=O)O.[NaH]. The van der Waals surface area contributed by atoms with Gasteiger partial charge >= 0.3 is 37.8 Å². The van der Waals surface area contributed by atoms with Crippen LogP contribution in [-0.2, 0) is 8.54 Å². The second-order valence-electron chi connectivity index (χ2n) is 0.516. The van der Waals surface area contributed by atoms with Crippen LogP contribution in [0.5, 0.6) is 0 Å². The summed E-state index contributed by atoms with van der Waals surface area (Å²) >= 11 is 0.892. The van der Waals surface area contributed by atoms with Crippen LogP contribution in [0.2, 0.25) is 0 Å². The van der Waals surface area contributed by atoms with Gasteiger partial charge in [-0.1, -0.05) is 0 Å². The molecule has 0 rings (SSSR count). The molecule has 0 aromatic heterocycles. The summed E-state index contributed by atoms with van der Waals surface area (Å²) in [6.45, 7) is 0. The van der Waals surface area contributed by atoms with Crippen LogP contribution in [0.4, 0.5) is 0 Å². The molecule has 1 unspecified atom stereocenters. The van der Waals surface area contributed by atoms with Gasteiger partial charge in [0.25, 0.3) is 0 Å². The monoisotopic (exact) mass is 152 g/mol. The molecule has 0 aromatic rings. The van der Waals surface area contributed by atoms with Gasteiger partial charge in [-0.25, -0.2) is 3.97 Å². The molecule has 3 nitrogen and oxygen atoms in total. The van der Waals surface area contributed by atoms with E-state index in [1.807, 2.05) is 0 Å². The maximum absolute atomic E-state index is 9.54. The van der Waals surface area contributed by atoms with Gasteiger partial charge in [0.2, 0.25) is 0 Å². The van der Waals surface area contributed by atoms with Gasteiger partial charge in [0.05, 0.1) is 0 Å². The van der Waals surface area contributed by atoms with Crippen LogP contribution in [-0.4, -0.2) is 40.7 Å². The molecule has 0 aliphatic rings. The van der Waals surface area contributed by atoms with Crippen LogP contribution in [0, 0.1) is 0 Å². The van der Waals surface area contributed by atoms with E-state index < -0.39 is 8.25 Å². The summed E-state index contributed by atoms with van der Waals surface area (Å²) in [5, 5.41) is 0. The molecule has 40 valence electrons. The van der Waals surface area contributed by atoms with Crippen molar-refractivity contribution in [1.29, 1.82) is 0 Å². The van der Waals surface area contributed by atoms with Crippen molar-refractivity contribution in [3.63, 3.8) is 0 Å². The zero-order valence-corrected chi connectivity index (χ0v) is 4.99.